The lowest BCUT2D eigenvalue weighted by Crippen LogP contribution is -2.10. The maximum Gasteiger partial charge on any atom is 0.214 e. The number of aromatic nitrogens is 1. The smallest absolute Gasteiger partial charge is 0.214 e. The van der Waals surface area contributed by atoms with Crippen molar-refractivity contribution >= 4 is 91.8 Å². The molecule has 3 aromatic rings. The molecule has 0 unspecified atom stereocenters. The highest BCUT2D eigenvalue weighted by molar-refractivity contribution is 9.11. The Kier molecular flexibility index (Phi) is 3.98. The van der Waals surface area contributed by atoms with Crippen LogP contribution in [0.3, 0.4) is 0 Å². The van der Waals surface area contributed by atoms with Crippen molar-refractivity contribution in [2.75, 3.05) is 0 Å². The first-order valence-corrected chi connectivity index (χ1v) is 9.86. The lowest BCUT2D eigenvalue weighted by atomic mass is 10.0. The number of hydrogen-bond donors (Lipinski definition) is 2. The highest BCUT2D eigenvalue weighted by Gasteiger charge is 2.32. The molecular formula is C16H6Br4N2O2. The fourth-order valence-electron chi connectivity index (χ4n) is 2.76. The number of aliphatic imine (C=N–C) groups is 1. The van der Waals surface area contributed by atoms with E-state index in [1.165, 1.54) is 0 Å². The van der Waals surface area contributed by atoms with Gasteiger partial charge in [-0.2, -0.15) is 0 Å². The van der Waals surface area contributed by atoms with E-state index in [1.54, 1.807) is 6.07 Å². The van der Waals surface area contributed by atoms with Crippen LogP contribution in [0.1, 0.15) is 15.9 Å². The number of benzene rings is 2. The van der Waals surface area contributed by atoms with Gasteiger partial charge in [0.2, 0.25) is 5.78 Å². The Balaban J connectivity index is 2.00. The van der Waals surface area contributed by atoms with Crippen LogP contribution in [0.5, 0.6) is 5.88 Å². The number of carbonyl (C=O) groups excluding carboxylic acids is 1. The van der Waals surface area contributed by atoms with Crippen LogP contribution in [0.4, 0.5) is 5.69 Å². The normalized spacial score (nSPS) is 13.5. The van der Waals surface area contributed by atoms with Gasteiger partial charge in [0.1, 0.15) is 5.71 Å². The summed E-state index contributed by atoms with van der Waals surface area (Å²) < 4.78 is 3.11. The van der Waals surface area contributed by atoms with E-state index in [9.17, 15) is 9.90 Å². The van der Waals surface area contributed by atoms with E-state index in [1.807, 2.05) is 18.2 Å². The lowest BCUT2D eigenvalue weighted by molar-refractivity contribution is 0.107. The molecule has 1 aliphatic rings. The summed E-state index contributed by atoms with van der Waals surface area (Å²) in [7, 11) is 0. The lowest BCUT2D eigenvalue weighted by Gasteiger charge is -2.01. The number of aromatic amines is 1. The number of ketones is 1. The maximum absolute atomic E-state index is 12.8. The first-order valence-electron chi connectivity index (χ1n) is 6.69. The zero-order valence-electron chi connectivity index (χ0n) is 11.6. The molecule has 0 aliphatic carbocycles. The number of H-pyrrole nitrogens is 1. The number of hydrogen-bond acceptors (Lipinski definition) is 3. The first-order chi connectivity index (χ1) is 11.4. The second-order valence-corrected chi connectivity index (χ2v) is 8.77. The molecule has 120 valence electrons. The average molecular weight is 578 g/mol. The van der Waals surface area contributed by atoms with Gasteiger partial charge in [-0.15, -0.1) is 0 Å². The monoisotopic (exact) mass is 574 g/mol. The number of halogens is 4. The number of fused-ring (bicyclic) bond motifs is 2. The largest absolute Gasteiger partial charge is 0.494 e. The van der Waals surface area contributed by atoms with Crippen molar-refractivity contribution in [3.05, 3.63) is 53.3 Å². The summed E-state index contributed by atoms with van der Waals surface area (Å²) in [5.74, 6) is -0.307. The fourth-order valence-corrected chi connectivity index (χ4v) is 5.40. The second-order valence-electron chi connectivity index (χ2n) is 5.23. The molecule has 0 saturated carbocycles. The van der Waals surface area contributed by atoms with Gasteiger partial charge in [0.25, 0.3) is 0 Å². The van der Waals surface area contributed by atoms with Gasteiger partial charge in [0.05, 0.1) is 22.3 Å². The van der Waals surface area contributed by atoms with Crippen LogP contribution in [0.25, 0.3) is 10.9 Å². The highest BCUT2D eigenvalue weighted by Crippen LogP contribution is 2.42. The predicted molar refractivity (Wildman–Crippen MR) is 108 cm³/mol. The van der Waals surface area contributed by atoms with E-state index in [-0.39, 0.29) is 17.4 Å². The molecule has 2 heterocycles. The molecule has 0 bridgehead atoms. The summed E-state index contributed by atoms with van der Waals surface area (Å²) in [6, 6.07) is 7.27. The van der Waals surface area contributed by atoms with Crippen LogP contribution in [0, 0.1) is 0 Å². The summed E-state index contributed by atoms with van der Waals surface area (Å²) in [6.07, 6.45) is 0. The number of nitrogens with one attached hydrogen (secondary N) is 1. The topological polar surface area (TPSA) is 65.4 Å². The Hall–Kier alpha value is -0.960. The van der Waals surface area contributed by atoms with Crippen molar-refractivity contribution in [2.24, 2.45) is 4.99 Å². The third kappa shape index (κ3) is 2.42. The molecule has 4 rings (SSSR count). The molecule has 0 radical (unpaired) electrons. The van der Waals surface area contributed by atoms with Crippen LogP contribution < -0.4 is 0 Å². The highest BCUT2D eigenvalue weighted by atomic mass is 79.9. The second kappa shape index (κ2) is 5.79. The van der Waals surface area contributed by atoms with Gasteiger partial charge in [0, 0.05) is 23.3 Å². The first kappa shape index (κ1) is 16.5. The average Bonchev–Trinajstić information content (AvgIpc) is 2.98. The van der Waals surface area contributed by atoms with E-state index in [0.29, 0.717) is 27.7 Å². The summed E-state index contributed by atoms with van der Waals surface area (Å²) in [5.41, 5.74) is 2.39. The van der Waals surface area contributed by atoms with E-state index >= 15 is 0 Å². The number of rotatable bonds is 1. The van der Waals surface area contributed by atoms with E-state index in [0.717, 1.165) is 17.9 Å². The quantitative estimate of drug-likeness (QED) is 0.360. The molecule has 2 aromatic carbocycles. The van der Waals surface area contributed by atoms with Gasteiger partial charge in [-0.3, -0.25) is 4.79 Å². The third-order valence-corrected chi connectivity index (χ3v) is 5.90. The van der Waals surface area contributed by atoms with Crippen molar-refractivity contribution in [3.63, 3.8) is 0 Å². The molecule has 0 fully saturated rings. The third-order valence-electron chi connectivity index (χ3n) is 3.75. The number of Topliss-reactive ketones (excluding diaryl/α,β-unsaturated/α-hetero) is 1. The Morgan fingerprint density at radius 3 is 2.38 bits per heavy atom. The minimum Gasteiger partial charge on any atom is -0.494 e. The van der Waals surface area contributed by atoms with Crippen LogP contribution in [-0.4, -0.2) is 21.6 Å². The van der Waals surface area contributed by atoms with Crippen molar-refractivity contribution < 1.29 is 9.90 Å². The van der Waals surface area contributed by atoms with Gasteiger partial charge in [-0.25, -0.2) is 4.99 Å². The Bertz CT molecular complexity index is 1090. The minimum absolute atomic E-state index is 0.0844. The molecule has 2 N–H and O–H groups in total. The number of nitrogens with zero attached hydrogens (tertiary/aromatic N) is 1. The summed E-state index contributed by atoms with van der Waals surface area (Å²) in [5, 5.41) is 11.1. The van der Waals surface area contributed by atoms with Crippen molar-refractivity contribution in [1.29, 1.82) is 0 Å². The Morgan fingerprint density at radius 2 is 1.62 bits per heavy atom. The number of carbonyl (C=O) groups is 1. The molecule has 1 aromatic heterocycles. The SMILES string of the molecule is O=C1C(c2c(O)[nH]c3c(Br)cc(Br)cc23)=Nc2c(Br)cc(Br)cc21. The maximum atomic E-state index is 12.8. The van der Waals surface area contributed by atoms with Crippen molar-refractivity contribution in [3.8, 4) is 5.88 Å². The van der Waals surface area contributed by atoms with Crippen LogP contribution >= 0.6 is 63.7 Å². The van der Waals surface area contributed by atoms with Crippen molar-refractivity contribution in [2.45, 2.75) is 0 Å². The van der Waals surface area contributed by atoms with Crippen LogP contribution in [0.2, 0.25) is 0 Å². The van der Waals surface area contributed by atoms with Crippen LogP contribution in [-0.2, 0) is 0 Å². The molecule has 0 spiro atoms. The van der Waals surface area contributed by atoms with Crippen LogP contribution in [0.15, 0.2) is 47.1 Å². The van der Waals surface area contributed by atoms with Crippen molar-refractivity contribution in [1.82, 2.24) is 4.98 Å². The molecule has 0 amide bonds. The molecule has 1 aliphatic heterocycles. The number of aromatic hydroxyl groups is 1. The molecule has 0 atom stereocenters. The summed E-state index contributed by atoms with van der Waals surface area (Å²) in [6.45, 7) is 0. The Labute approximate surface area is 169 Å². The molecule has 0 saturated heterocycles. The van der Waals surface area contributed by atoms with E-state index in [4.69, 9.17) is 0 Å². The predicted octanol–water partition coefficient (Wildman–Crippen LogP) is 6.24. The molecule has 24 heavy (non-hydrogen) atoms. The molecular weight excluding hydrogens is 572 g/mol. The van der Waals surface area contributed by atoms with Gasteiger partial charge < -0.3 is 10.1 Å². The Morgan fingerprint density at radius 1 is 0.958 bits per heavy atom. The fraction of sp³-hybridized carbons (Fsp3) is 0. The standard InChI is InChI=1S/C16H6Br4N2O2/c17-5-1-7-11(16(24)22-12(7)9(19)3-5)14-15(23)8-2-6(18)4-10(20)13(8)21-14/h1-4,22,24H. The van der Waals surface area contributed by atoms with E-state index < -0.39 is 0 Å². The molecule has 4 nitrogen and oxygen atoms in total. The van der Waals surface area contributed by atoms with Gasteiger partial charge in [-0.1, -0.05) is 31.9 Å². The van der Waals surface area contributed by atoms with E-state index in [2.05, 4.69) is 73.7 Å². The van der Waals surface area contributed by atoms with Gasteiger partial charge in [0.15, 0.2) is 5.88 Å². The minimum atomic E-state index is -0.223. The summed E-state index contributed by atoms with van der Waals surface area (Å²) in [4.78, 5) is 20.2. The van der Waals surface area contributed by atoms with Gasteiger partial charge >= 0.3 is 0 Å². The summed E-state index contributed by atoms with van der Waals surface area (Å²) >= 11 is 13.7. The zero-order chi connectivity index (χ0) is 17.2. The molecule has 8 heteroatoms. The zero-order valence-corrected chi connectivity index (χ0v) is 18.0. The van der Waals surface area contributed by atoms with Gasteiger partial charge in [-0.05, 0) is 56.1 Å².